The molecule has 3 rings (SSSR count). The first kappa shape index (κ1) is 14.8. The van der Waals surface area contributed by atoms with E-state index in [4.69, 9.17) is 0 Å². The van der Waals surface area contributed by atoms with E-state index in [1.807, 2.05) is 11.3 Å². The van der Waals surface area contributed by atoms with Crippen LogP contribution in [0.3, 0.4) is 0 Å². The maximum atomic E-state index is 12.3. The van der Waals surface area contributed by atoms with Crippen molar-refractivity contribution in [1.29, 1.82) is 0 Å². The van der Waals surface area contributed by atoms with Crippen LogP contribution < -0.4 is 10.6 Å². The minimum Gasteiger partial charge on any atom is -0.349 e. The molecule has 2 heterocycles. The third-order valence-corrected chi connectivity index (χ3v) is 5.03. The molecule has 1 amide bonds. The van der Waals surface area contributed by atoms with E-state index < -0.39 is 0 Å². The summed E-state index contributed by atoms with van der Waals surface area (Å²) in [5.41, 5.74) is 1.36. The number of amides is 1. The van der Waals surface area contributed by atoms with Crippen LogP contribution in [-0.4, -0.2) is 19.0 Å². The molecule has 2 atom stereocenters. The lowest BCUT2D eigenvalue weighted by atomic mass is 9.92. The Balaban J connectivity index is 0.00000133. The predicted octanol–water partition coefficient (Wildman–Crippen LogP) is 2.66. The second-order valence-corrected chi connectivity index (χ2v) is 6.30. The first-order valence-corrected chi connectivity index (χ1v) is 7.80. The number of piperidine rings is 1. The van der Waals surface area contributed by atoms with Crippen LogP contribution in [0.15, 0.2) is 11.4 Å². The first-order valence-electron chi connectivity index (χ1n) is 6.92. The van der Waals surface area contributed by atoms with Crippen LogP contribution in [0.2, 0.25) is 0 Å². The Labute approximate surface area is 124 Å². The Morgan fingerprint density at radius 1 is 1.37 bits per heavy atom. The molecule has 0 aromatic carbocycles. The second-order valence-electron chi connectivity index (χ2n) is 5.30. The lowest BCUT2D eigenvalue weighted by molar-refractivity contribution is -0.126. The highest BCUT2D eigenvalue weighted by Gasteiger charge is 2.26. The molecule has 1 saturated heterocycles. The summed E-state index contributed by atoms with van der Waals surface area (Å²) in [4.78, 5) is 13.7. The molecule has 2 aliphatic rings. The van der Waals surface area contributed by atoms with E-state index >= 15 is 0 Å². The normalized spacial score (nSPS) is 26.1. The summed E-state index contributed by atoms with van der Waals surface area (Å²) in [6.07, 6.45) is 5.62. The fraction of sp³-hybridized carbons (Fsp3) is 0.643. The molecule has 0 radical (unpaired) electrons. The van der Waals surface area contributed by atoms with Gasteiger partial charge in [-0.25, -0.2) is 0 Å². The molecular formula is C14H21ClN2OS. The standard InChI is InChI=1S/C14H20N2OS.ClH/c17-14(10-3-2-7-15-9-10)16-12-4-1-5-13-11(12)6-8-18-13;/h6,8,10,12,15H,1-5,7,9H2,(H,16,17);1H/t10-,12?;/m1./s1. The van der Waals surface area contributed by atoms with E-state index in [2.05, 4.69) is 22.1 Å². The molecule has 0 spiro atoms. The third kappa shape index (κ3) is 3.30. The Kier molecular flexibility index (Phi) is 5.25. The van der Waals surface area contributed by atoms with Gasteiger partial charge in [-0.15, -0.1) is 23.7 Å². The number of rotatable bonds is 2. The quantitative estimate of drug-likeness (QED) is 0.882. The van der Waals surface area contributed by atoms with E-state index in [1.165, 1.54) is 23.3 Å². The van der Waals surface area contributed by atoms with Crippen molar-refractivity contribution < 1.29 is 4.79 Å². The lowest BCUT2D eigenvalue weighted by Crippen LogP contribution is -2.42. The molecule has 1 fully saturated rings. The molecule has 1 unspecified atom stereocenters. The summed E-state index contributed by atoms with van der Waals surface area (Å²) in [5, 5.41) is 8.72. The van der Waals surface area contributed by atoms with Gasteiger partial charge in [0, 0.05) is 11.4 Å². The van der Waals surface area contributed by atoms with Crippen molar-refractivity contribution in [2.24, 2.45) is 5.92 Å². The van der Waals surface area contributed by atoms with Gasteiger partial charge in [-0.1, -0.05) is 0 Å². The molecule has 5 heteroatoms. The SMILES string of the molecule is Cl.O=C(NC1CCCc2sccc21)[C@@H]1CCCNC1. The van der Waals surface area contributed by atoms with Crippen LogP contribution in [0.1, 0.15) is 42.2 Å². The largest absolute Gasteiger partial charge is 0.349 e. The Bertz CT molecular complexity index is 429. The predicted molar refractivity (Wildman–Crippen MR) is 81.0 cm³/mol. The number of nitrogens with one attached hydrogen (secondary N) is 2. The van der Waals surface area contributed by atoms with Gasteiger partial charge < -0.3 is 10.6 Å². The van der Waals surface area contributed by atoms with E-state index in [1.54, 1.807) is 0 Å². The van der Waals surface area contributed by atoms with Crippen LogP contribution in [0.25, 0.3) is 0 Å². The number of carbonyl (C=O) groups excluding carboxylic acids is 1. The topological polar surface area (TPSA) is 41.1 Å². The van der Waals surface area contributed by atoms with Crippen molar-refractivity contribution in [2.75, 3.05) is 13.1 Å². The molecule has 0 bridgehead atoms. The van der Waals surface area contributed by atoms with Crippen molar-refractivity contribution in [2.45, 2.75) is 38.1 Å². The van der Waals surface area contributed by atoms with Crippen molar-refractivity contribution in [3.8, 4) is 0 Å². The maximum Gasteiger partial charge on any atom is 0.224 e. The molecule has 1 aliphatic heterocycles. The number of carbonyl (C=O) groups is 1. The fourth-order valence-electron chi connectivity index (χ4n) is 3.00. The molecule has 1 aromatic heterocycles. The van der Waals surface area contributed by atoms with E-state index in [0.29, 0.717) is 0 Å². The Morgan fingerprint density at radius 2 is 2.26 bits per heavy atom. The average molecular weight is 301 g/mol. The first-order chi connectivity index (χ1) is 8.84. The molecule has 0 saturated carbocycles. The van der Waals surface area contributed by atoms with Gasteiger partial charge in [-0.2, -0.15) is 0 Å². The smallest absolute Gasteiger partial charge is 0.224 e. The second kappa shape index (κ2) is 6.73. The van der Waals surface area contributed by atoms with Gasteiger partial charge in [0.1, 0.15) is 0 Å². The number of hydrogen-bond donors (Lipinski definition) is 2. The highest BCUT2D eigenvalue weighted by molar-refractivity contribution is 7.10. The highest BCUT2D eigenvalue weighted by atomic mass is 35.5. The molecule has 19 heavy (non-hydrogen) atoms. The summed E-state index contributed by atoms with van der Waals surface area (Å²) < 4.78 is 0. The summed E-state index contributed by atoms with van der Waals surface area (Å²) >= 11 is 1.83. The van der Waals surface area contributed by atoms with E-state index in [9.17, 15) is 4.79 Å². The van der Waals surface area contributed by atoms with Crippen LogP contribution in [0, 0.1) is 5.92 Å². The van der Waals surface area contributed by atoms with Gasteiger partial charge in [0.05, 0.1) is 12.0 Å². The van der Waals surface area contributed by atoms with E-state index in [-0.39, 0.29) is 30.3 Å². The van der Waals surface area contributed by atoms with Crippen molar-refractivity contribution in [3.63, 3.8) is 0 Å². The molecule has 1 aliphatic carbocycles. The van der Waals surface area contributed by atoms with Gasteiger partial charge >= 0.3 is 0 Å². The van der Waals surface area contributed by atoms with Gasteiger partial charge in [0.2, 0.25) is 5.91 Å². The summed E-state index contributed by atoms with van der Waals surface area (Å²) in [7, 11) is 0. The molecule has 106 valence electrons. The molecule has 3 nitrogen and oxygen atoms in total. The number of hydrogen-bond acceptors (Lipinski definition) is 3. The average Bonchev–Trinajstić information content (AvgIpc) is 2.89. The minimum atomic E-state index is 0. The number of aryl methyl sites for hydroxylation is 1. The summed E-state index contributed by atoms with van der Waals surface area (Å²) in [6, 6.07) is 2.44. The van der Waals surface area contributed by atoms with Crippen LogP contribution in [0.5, 0.6) is 0 Å². The zero-order valence-electron chi connectivity index (χ0n) is 11.0. The summed E-state index contributed by atoms with van der Waals surface area (Å²) in [6.45, 7) is 1.90. The van der Waals surface area contributed by atoms with Crippen LogP contribution >= 0.6 is 23.7 Å². The number of halogens is 1. The van der Waals surface area contributed by atoms with E-state index in [0.717, 1.165) is 32.4 Å². The number of fused-ring (bicyclic) bond motifs is 1. The van der Waals surface area contributed by atoms with Gasteiger partial charge in [0.25, 0.3) is 0 Å². The maximum absolute atomic E-state index is 12.3. The monoisotopic (exact) mass is 300 g/mol. The highest BCUT2D eigenvalue weighted by Crippen LogP contribution is 2.33. The van der Waals surface area contributed by atoms with Crippen molar-refractivity contribution in [1.82, 2.24) is 10.6 Å². The Hall–Kier alpha value is -0.580. The molecule has 2 N–H and O–H groups in total. The zero-order chi connectivity index (χ0) is 12.4. The third-order valence-electron chi connectivity index (χ3n) is 4.04. The Morgan fingerprint density at radius 3 is 3.05 bits per heavy atom. The van der Waals surface area contributed by atoms with Crippen LogP contribution in [-0.2, 0) is 11.2 Å². The number of thiophene rings is 1. The van der Waals surface area contributed by atoms with Crippen molar-refractivity contribution >= 4 is 29.7 Å². The van der Waals surface area contributed by atoms with Crippen LogP contribution in [0.4, 0.5) is 0 Å². The lowest BCUT2D eigenvalue weighted by Gasteiger charge is -2.28. The zero-order valence-corrected chi connectivity index (χ0v) is 12.6. The van der Waals surface area contributed by atoms with Gasteiger partial charge in [-0.3, -0.25) is 4.79 Å². The molecule has 1 aromatic rings. The molecular weight excluding hydrogens is 280 g/mol. The van der Waals surface area contributed by atoms with Gasteiger partial charge in [0.15, 0.2) is 0 Å². The van der Waals surface area contributed by atoms with Crippen molar-refractivity contribution in [3.05, 3.63) is 21.9 Å². The minimum absolute atomic E-state index is 0. The summed E-state index contributed by atoms with van der Waals surface area (Å²) in [5.74, 6) is 0.411. The van der Waals surface area contributed by atoms with Gasteiger partial charge in [-0.05, 0) is 55.7 Å². The fourth-order valence-corrected chi connectivity index (χ4v) is 3.99.